The molecule has 0 aliphatic heterocycles. The molecule has 0 amide bonds. The van der Waals surface area contributed by atoms with Crippen LogP contribution in [0, 0.1) is 23.2 Å². The van der Waals surface area contributed by atoms with Crippen LogP contribution in [0.2, 0.25) is 0 Å². The number of rotatable bonds is 3. The fraction of sp³-hybridized carbons (Fsp3) is 0.833. The molecule has 0 unspecified atom stereocenters. The van der Waals surface area contributed by atoms with Crippen molar-refractivity contribution in [3.8, 4) is 11.8 Å². The molecular formula is C12H22. The summed E-state index contributed by atoms with van der Waals surface area (Å²) < 4.78 is 0. The Bertz CT molecular complexity index is 164. The van der Waals surface area contributed by atoms with E-state index in [0.717, 1.165) is 12.8 Å². The average Bonchev–Trinajstić information content (AvgIpc) is 1.98. The molecule has 0 saturated heterocycles. The lowest BCUT2D eigenvalue weighted by molar-refractivity contribution is 0.362. The summed E-state index contributed by atoms with van der Waals surface area (Å²) in [5.74, 6) is 7.19. The van der Waals surface area contributed by atoms with Crippen LogP contribution < -0.4 is 0 Å². The normalized spacial score (nSPS) is 11.2. The highest BCUT2D eigenvalue weighted by atomic mass is 14.2. The maximum Gasteiger partial charge on any atom is 0.0140 e. The standard InChI is InChI=1S/C12H22/c1-6-12(4,5)10-8-7-9-11(2)3/h11H,6,9-10H2,1-5H3. The topological polar surface area (TPSA) is 0 Å². The van der Waals surface area contributed by atoms with Crippen molar-refractivity contribution in [1.82, 2.24) is 0 Å². The molecule has 0 radical (unpaired) electrons. The molecule has 0 aliphatic rings. The Kier molecular flexibility index (Phi) is 5.06. The van der Waals surface area contributed by atoms with Crippen LogP contribution in [-0.4, -0.2) is 0 Å². The molecule has 0 N–H and O–H groups in total. The van der Waals surface area contributed by atoms with Crippen molar-refractivity contribution in [2.24, 2.45) is 11.3 Å². The van der Waals surface area contributed by atoms with Crippen LogP contribution in [0.25, 0.3) is 0 Å². The molecule has 0 heterocycles. The van der Waals surface area contributed by atoms with Gasteiger partial charge in [-0.25, -0.2) is 0 Å². The van der Waals surface area contributed by atoms with E-state index in [1.165, 1.54) is 6.42 Å². The molecule has 0 rings (SSSR count). The molecule has 0 nitrogen and oxygen atoms in total. The first-order chi connectivity index (χ1) is 5.48. The van der Waals surface area contributed by atoms with Gasteiger partial charge in [0.05, 0.1) is 0 Å². The van der Waals surface area contributed by atoms with Gasteiger partial charge in [0.1, 0.15) is 0 Å². The van der Waals surface area contributed by atoms with E-state index >= 15 is 0 Å². The summed E-state index contributed by atoms with van der Waals surface area (Å²) in [5.41, 5.74) is 0.407. The minimum absolute atomic E-state index is 0.407. The van der Waals surface area contributed by atoms with Crippen molar-refractivity contribution in [1.29, 1.82) is 0 Å². The Morgan fingerprint density at radius 2 is 1.75 bits per heavy atom. The highest BCUT2D eigenvalue weighted by molar-refractivity contribution is 5.01. The van der Waals surface area contributed by atoms with Gasteiger partial charge in [-0.15, -0.1) is 11.8 Å². The van der Waals surface area contributed by atoms with Crippen molar-refractivity contribution < 1.29 is 0 Å². The summed E-state index contributed by atoms with van der Waals surface area (Å²) in [7, 11) is 0. The first-order valence-corrected chi connectivity index (χ1v) is 4.93. The molecule has 0 heteroatoms. The molecule has 0 bridgehead atoms. The maximum absolute atomic E-state index is 3.26. The summed E-state index contributed by atoms with van der Waals surface area (Å²) in [5, 5.41) is 0. The quantitative estimate of drug-likeness (QED) is 0.558. The number of hydrogen-bond acceptors (Lipinski definition) is 0. The predicted octanol–water partition coefficient (Wildman–Crippen LogP) is 3.86. The van der Waals surface area contributed by atoms with Gasteiger partial charge >= 0.3 is 0 Å². The molecule has 0 aromatic carbocycles. The average molecular weight is 166 g/mol. The Balaban J connectivity index is 3.70. The molecule has 0 spiro atoms. The van der Waals surface area contributed by atoms with Gasteiger partial charge in [-0.1, -0.05) is 41.0 Å². The summed E-state index contributed by atoms with van der Waals surface area (Å²) in [6.45, 7) is 11.2. The highest BCUT2D eigenvalue weighted by Gasteiger charge is 2.12. The van der Waals surface area contributed by atoms with Gasteiger partial charge in [0.15, 0.2) is 0 Å². The lowest BCUT2D eigenvalue weighted by atomic mass is 9.87. The van der Waals surface area contributed by atoms with Gasteiger partial charge in [-0.2, -0.15) is 0 Å². The van der Waals surface area contributed by atoms with Gasteiger partial charge in [0, 0.05) is 12.8 Å². The maximum atomic E-state index is 3.26. The highest BCUT2D eigenvalue weighted by Crippen LogP contribution is 2.23. The van der Waals surface area contributed by atoms with Gasteiger partial charge < -0.3 is 0 Å². The molecule has 70 valence electrons. The first kappa shape index (κ1) is 11.6. The van der Waals surface area contributed by atoms with Crippen LogP contribution in [0.4, 0.5) is 0 Å². The van der Waals surface area contributed by atoms with Gasteiger partial charge in [-0.3, -0.25) is 0 Å². The Hall–Kier alpha value is -0.440. The van der Waals surface area contributed by atoms with Crippen molar-refractivity contribution >= 4 is 0 Å². The minimum atomic E-state index is 0.407. The second kappa shape index (κ2) is 5.25. The zero-order valence-electron chi connectivity index (χ0n) is 9.20. The largest absolute Gasteiger partial charge is 0.103 e. The third kappa shape index (κ3) is 6.28. The van der Waals surface area contributed by atoms with Crippen LogP contribution in [0.1, 0.15) is 53.9 Å². The molecule has 0 aliphatic carbocycles. The van der Waals surface area contributed by atoms with E-state index in [1.807, 2.05) is 0 Å². The Labute approximate surface area is 77.8 Å². The lowest BCUT2D eigenvalue weighted by Gasteiger charge is -2.18. The van der Waals surface area contributed by atoms with Crippen molar-refractivity contribution in [3.05, 3.63) is 0 Å². The summed E-state index contributed by atoms with van der Waals surface area (Å²) in [6, 6.07) is 0. The Morgan fingerprint density at radius 1 is 1.17 bits per heavy atom. The zero-order chi connectivity index (χ0) is 9.61. The third-order valence-corrected chi connectivity index (χ3v) is 2.16. The van der Waals surface area contributed by atoms with Crippen LogP contribution in [-0.2, 0) is 0 Å². The molecule has 0 aromatic heterocycles. The smallest absolute Gasteiger partial charge is 0.0140 e. The van der Waals surface area contributed by atoms with Crippen LogP contribution in [0.3, 0.4) is 0 Å². The van der Waals surface area contributed by atoms with Crippen LogP contribution in [0.5, 0.6) is 0 Å². The SMILES string of the molecule is CCC(C)(C)CC#CCC(C)C. The third-order valence-electron chi connectivity index (χ3n) is 2.16. The van der Waals surface area contributed by atoms with E-state index in [2.05, 4.69) is 46.5 Å². The Morgan fingerprint density at radius 3 is 2.17 bits per heavy atom. The second-order valence-corrected chi connectivity index (χ2v) is 4.65. The van der Waals surface area contributed by atoms with Crippen molar-refractivity contribution in [2.75, 3.05) is 0 Å². The minimum Gasteiger partial charge on any atom is -0.103 e. The number of hydrogen-bond donors (Lipinski definition) is 0. The predicted molar refractivity (Wildman–Crippen MR) is 55.9 cm³/mol. The summed E-state index contributed by atoms with van der Waals surface area (Å²) in [6.07, 6.45) is 3.29. The molecule has 0 atom stereocenters. The fourth-order valence-corrected chi connectivity index (χ4v) is 0.703. The van der Waals surface area contributed by atoms with Crippen molar-refractivity contribution in [3.63, 3.8) is 0 Å². The van der Waals surface area contributed by atoms with Crippen LogP contribution >= 0.6 is 0 Å². The van der Waals surface area contributed by atoms with Gasteiger partial charge in [0.2, 0.25) is 0 Å². The molecule has 12 heavy (non-hydrogen) atoms. The van der Waals surface area contributed by atoms with E-state index in [4.69, 9.17) is 0 Å². The molecule has 0 saturated carbocycles. The van der Waals surface area contributed by atoms with Crippen molar-refractivity contribution in [2.45, 2.75) is 53.9 Å². The zero-order valence-corrected chi connectivity index (χ0v) is 9.20. The monoisotopic (exact) mass is 166 g/mol. The second-order valence-electron chi connectivity index (χ2n) is 4.65. The van der Waals surface area contributed by atoms with Crippen LogP contribution in [0.15, 0.2) is 0 Å². The fourth-order valence-electron chi connectivity index (χ4n) is 0.703. The van der Waals surface area contributed by atoms with Gasteiger partial charge in [0.25, 0.3) is 0 Å². The summed E-state index contributed by atoms with van der Waals surface area (Å²) >= 11 is 0. The van der Waals surface area contributed by atoms with E-state index in [1.54, 1.807) is 0 Å². The molecule has 0 fully saturated rings. The first-order valence-electron chi connectivity index (χ1n) is 4.93. The van der Waals surface area contributed by atoms with Gasteiger partial charge in [-0.05, 0) is 11.3 Å². The van der Waals surface area contributed by atoms with E-state index in [0.29, 0.717) is 11.3 Å². The summed E-state index contributed by atoms with van der Waals surface area (Å²) in [4.78, 5) is 0. The van der Waals surface area contributed by atoms with E-state index in [-0.39, 0.29) is 0 Å². The lowest BCUT2D eigenvalue weighted by Crippen LogP contribution is -2.07. The molecular weight excluding hydrogens is 144 g/mol. The molecule has 0 aromatic rings. The van der Waals surface area contributed by atoms with E-state index in [9.17, 15) is 0 Å². The van der Waals surface area contributed by atoms with E-state index < -0.39 is 0 Å².